The van der Waals surface area contributed by atoms with E-state index in [0.29, 0.717) is 21.9 Å². The van der Waals surface area contributed by atoms with E-state index in [0.717, 1.165) is 0 Å². The van der Waals surface area contributed by atoms with Crippen molar-refractivity contribution in [2.45, 2.75) is 6.61 Å². The fraction of sp³-hybridized carbons (Fsp3) is 0.0476. The van der Waals surface area contributed by atoms with Crippen LogP contribution in [0.25, 0.3) is 0 Å². The van der Waals surface area contributed by atoms with E-state index >= 15 is 0 Å². The molecule has 0 heterocycles. The lowest BCUT2D eigenvalue weighted by Crippen LogP contribution is -2.16. The Balaban J connectivity index is 1.63. The van der Waals surface area contributed by atoms with Crippen molar-refractivity contribution in [1.29, 1.82) is 0 Å². The Morgan fingerprint density at radius 3 is 2.48 bits per heavy atom. The van der Waals surface area contributed by atoms with Gasteiger partial charge in [-0.3, -0.25) is 10.1 Å². The number of amidine groups is 1. The predicted molar refractivity (Wildman–Crippen MR) is 116 cm³/mol. The summed E-state index contributed by atoms with van der Waals surface area (Å²) in [5.41, 5.74) is 7.10. The molecule has 3 rings (SSSR count). The van der Waals surface area contributed by atoms with Crippen LogP contribution in [0.4, 0.5) is 5.69 Å². The fourth-order valence-corrected chi connectivity index (χ4v) is 3.01. The molecule has 0 aliphatic rings. The van der Waals surface area contributed by atoms with Crippen molar-refractivity contribution in [2.24, 2.45) is 10.9 Å². The Morgan fingerprint density at radius 1 is 1.06 bits per heavy atom. The summed E-state index contributed by atoms with van der Waals surface area (Å²) in [6, 6.07) is 16.9. The standard InChI is InChI=1S/C21H15Cl2N3O5/c22-15-4-9-18(19(23)11-15)20(24)25-31-21(27)14-3-1-2-13(10-14)12-30-17-7-5-16(6-8-17)26(28)29/h1-11H,12H2,(H2,24,25). The molecule has 0 fully saturated rings. The third-order valence-corrected chi connectivity index (χ3v) is 4.60. The van der Waals surface area contributed by atoms with E-state index < -0.39 is 10.9 Å². The molecule has 10 heteroatoms. The Labute approximate surface area is 186 Å². The Bertz CT molecular complexity index is 1150. The van der Waals surface area contributed by atoms with Crippen LogP contribution in [0.5, 0.6) is 5.75 Å². The molecule has 3 aromatic carbocycles. The normalized spacial score (nSPS) is 11.1. The maximum atomic E-state index is 12.3. The first kappa shape index (κ1) is 22.1. The Hall–Kier alpha value is -3.62. The lowest BCUT2D eigenvalue weighted by molar-refractivity contribution is -0.384. The zero-order chi connectivity index (χ0) is 22.4. The molecule has 3 aromatic rings. The Morgan fingerprint density at radius 2 is 1.81 bits per heavy atom. The van der Waals surface area contributed by atoms with Crippen LogP contribution < -0.4 is 10.5 Å². The summed E-state index contributed by atoms with van der Waals surface area (Å²) in [7, 11) is 0. The van der Waals surface area contributed by atoms with E-state index in [-0.39, 0.29) is 28.7 Å². The van der Waals surface area contributed by atoms with Crippen LogP contribution in [0.2, 0.25) is 10.0 Å². The van der Waals surface area contributed by atoms with E-state index in [9.17, 15) is 14.9 Å². The maximum Gasteiger partial charge on any atom is 0.365 e. The van der Waals surface area contributed by atoms with Crippen molar-refractivity contribution in [2.75, 3.05) is 0 Å². The molecule has 0 aromatic heterocycles. The lowest BCUT2D eigenvalue weighted by Gasteiger charge is -2.07. The SMILES string of the molecule is N/C(=N\OC(=O)c1cccc(COc2ccc([N+](=O)[O-])cc2)c1)c1ccc(Cl)cc1Cl. The first-order valence-electron chi connectivity index (χ1n) is 8.80. The summed E-state index contributed by atoms with van der Waals surface area (Å²) in [5, 5.41) is 15.0. The maximum absolute atomic E-state index is 12.3. The number of nitrogens with zero attached hydrogens (tertiary/aromatic N) is 2. The molecular formula is C21H15Cl2N3O5. The molecule has 0 radical (unpaired) electrons. The van der Waals surface area contributed by atoms with Gasteiger partial charge in [-0.25, -0.2) is 4.79 Å². The van der Waals surface area contributed by atoms with E-state index in [1.165, 1.54) is 30.3 Å². The molecule has 8 nitrogen and oxygen atoms in total. The monoisotopic (exact) mass is 459 g/mol. The number of ether oxygens (including phenoxy) is 1. The molecule has 0 aliphatic heterocycles. The molecule has 0 unspecified atom stereocenters. The van der Waals surface area contributed by atoms with Gasteiger partial charge in [0, 0.05) is 22.7 Å². The minimum atomic E-state index is -0.717. The predicted octanol–water partition coefficient (Wildman–Crippen LogP) is 4.96. The van der Waals surface area contributed by atoms with Gasteiger partial charge in [0.2, 0.25) is 0 Å². The molecule has 0 bridgehead atoms. The highest BCUT2D eigenvalue weighted by molar-refractivity contribution is 6.36. The molecule has 158 valence electrons. The quantitative estimate of drug-likeness (QED) is 0.175. The number of carbonyl (C=O) groups is 1. The lowest BCUT2D eigenvalue weighted by atomic mass is 10.1. The summed E-state index contributed by atoms with van der Waals surface area (Å²) >= 11 is 11.9. The van der Waals surface area contributed by atoms with Gasteiger partial charge >= 0.3 is 5.97 Å². The minimum absolute atomic E-state index is 0.0307. The van der Waals surface area contributed by atoms with Crippen molar-refractivity contribution in [1.82, 2.24) is 0 Å². The van der Waals surface area contributed by atoms with Crippen molar-refractivity contribution >= 4 is 40.7 Å². The molecule has 31 heavy (non-hydrogen) atoms. The first-order valence-corrected chi connectivity index (χ1v) is 9.55. The van der Waals surface area contributed by atoms with Crippen molar-refractivity contribution in [3.63, 3.8) is 0 Å². The van der Waals surface area contributed by atoms with Gasteiger partial charge in [-0.2, -0.15) is 0 Å². The van der Waals surface area contributed by atoms with Crippen LogP contribution in [-0.4, -0.2) is 16.7 Å². The highest BCUT2D eigenvalue weighted by atomic mass is 35.5. The second-order valence-corrected chi connectivity index (χ2v) is 7.06. The van der Waals surface area contributed by atoms with Crippen LogP contribution in [0.1, 0.15) is 21.5 Å². The smallest absolute Gasteiger partial charge is 0.365 e. The average Bonchev–Trinajstić information content (AvgIpc) is 2.76. The average molecular weight is 460 g/mol. The number of halogens is 2. The second kappa shape index (κ2) is 9.92. The molecular weight excluding hydrogens is 445 g/mol. The molecule has 0 spiro atoms. The van der Waals surface area contributed by atoms with Gasteiger partial charge in [0.1, 0.15) is 12.4 Å². The molecule has 0 saturated carbocycles. The number of oxime groups is 1. The summed E-state index contributed by atoms with van der Waals surface area (Å²) in [5.74, 6) is -0.339. The zero-order valence-electron chi connectivity index (χ0n) is 15.8. The van der Waals surface area contributed by atoms with Gasteiger partial charge in [-0.05, 0) is 48.0 Å². The van der Waals surface area contributed by atoms with Crippen LogP contribution >= 0.6 is 23.2 Å². The summed E-state index contributed by atoms with van der Waals surface area (Å²) in [4.78, 5) is 27.4. The first-order chi connectivity index (χ1) is 14.8. The van der Waals surface area contributed by atoms with E-state index in [1.54, 1.807) is 36.4 Å². The Kier molecular flexibility index (Phi) is 7.07. The van der Waals surface area contributed by atoms with E-state index in [2.05, 4.69) is 5.16 Å². The topological polar surface area (TPSA) is 117 Å². The van der Waals surface area contributed by atoms with Crippen LogP contribution in [0.15, 0.2) is 71.9 Å². The van der Waals surface area contributed by atoms with Gasteiger partial charge in [-0.15, -0.1) is 0 Å². The van der Waals surface area contributed by atoms with E-state index in [4.69, 9.17) is 38.5 Å². The van der Waals surface area contributed by atoms with Crippen molar-refractivity contribution in [3.8, 4) is 5.75 Å². The van der Waals surface area contributed by atoms with Gasteiger partial charge in [0.25, 0.3) is 5.69 Å². The van der Waals surface area contributed by atoms with Crippen molar-refractivity contribution in [3.05, 3.63) is 104 Å². The molecule has 0 aliphatic carbocycles. The van der Waals surface area contributed by atoms with Crippen molar-refractivity contribution < 1.29 is 19.3 Å². The highest BCUT2D eigenvalue weighted by Gasteiger charge is 2.11. The number of hydrogen-bond donors (Lipinski definition) is 1. The van der Waals surface area contributed by atoms with Gasteiger partial charge in [-0.1, -0.05) is 40.5 Å². The van der Waals surface area contributed by atoms with Gasteiger partial charge in [0.05, 0.1) is 15.5 Å². The zero-order valence-corrected chi connectivity index (χ0v) is 17.3. The number of nitro benzene ring substituents is 1. The summed E-state index contributed by atoms with van der Waals surface area (Å²) in [6.45, 7) is 0.144. The molecule has 2 N–H and O–H groups in total. The summed E-state index contributed by atoms with van der Waals surface area (Å²) < 4.78 is 5.59. The third-order valence-electron chi connectivity index (χ3n) is 4.05. The molecule has 0 saturated heterocycles. The largest absolute Gasteiger partial charge is 0.489 e. The third kappa shape index (κ3) is 5.94. The van der Waals surface area contributed by atoms with Gasteiger partial charge < -0.3 is 15.3 Å². The number of nitrogens with two attached hydrogens (primary N) is 1. The highest BCUT2D eigenvalue weighted by Crippen LogP contribution is 2.21. The van der Waals surface area contributed by atoms with Crippen LogP contribution in [0.3, 0.4) is 0 Å². The van der Waals surface area contributed by atoms with Crippen LogP contribution in [0, 0.1) is 10.1 Å². The second-order valence-electron chi connectivity index (χ2n) is 6.22. The minimum Gasteiger partial charge on any atom is -0.489 e. The number of benzene rings is 3. The van der Waals surface area contributed by atoms with Crippen LogP contribution in [-0.2, 0) is 11.4 Å². The summed E-state index contributed by atoms with van der Waals surface area (Å²) in [6.07, 6.45) is 0. The van der Waals surface area contributed by atoms with E-state index in [1.807, 2.05) is 0 Å². The number of non-ortho nitro benzene ring substituents is 1. The number of nitro groups is 1. The number of rotatable bonds is 7. The van der Waals surface area contributed by atoms with Gasteiger partial charge in [0.15, 0.2) is 5.84 Å². The fourth-order valence-electron chi connectivity index (χ4n) is 2.51. The molecule has 0 atom stereocenters. The number of hydrogen-bond acceptors (Lipinski definition) is 6. The molecule has 0 amide bonds. The number of carbonyl (C=O) groups excluding carboxylic acids is 1.